The highest BCUT2D eigenvalue weighted by Gasteiger charge is 2.36. The molecule has 134 valence electrons. The Kier molecular flexibility index (Phi) is 3.70. The Morgan fingerprint density at radius 2 is 1.77 bits per heavy atom. The van der Waals surface area contributed by atoms with E-state index in [0.29, 0.717) is 23.2 Å². The van der Waals surface area contributed by atoms with Gasteiger partial charge in [0.05, 0.1) is 0 Å². The fraction of sp³-hybridized carbons (Fsp3) is 0.389. The summed E-state index contributed by atoms with van der Waals surface area (Å²) in [5, 5.41) is 0. The van der Waals surface area contributed by atoms with E-state index < -0.39 is 0 Å². The van der Waals surface area contributed by atoms with Crippen LogP contribution >= 0.6 is 0 Å². The SMILES string of the molecule is Fc1ccc2nc(N3CC(N4CCN(c5ncccn5)CC4)C3)oc2c1. The van der Waals surface area contributed by atoms with Crippen LogP contribution in [-0.4, -0.2) is 65.2 Å². The average Bonchev–Trinajstić information content (AvgIpc) is 3.04. The Hall–Kier alpha value is -2.74. The van der Waals surface area contributed by atoms with Gasteiger partial charge in [-0.15, -0.1) is 0 Å². The highest BCUT2D eigenvalue weighted by atomic mass is 19.1. The second-order valence-corrected chi connectivity index (χ2v) is 6.74. The van der Waals surface area contributed by atoms with Crippen molar-refractivity contribution in [2.75, 3.05) is 49.1 Å². The number of rotatable bonds is 3. The van der Waals surface area contributed by atoms with Crippen LogP contribution < -0.4 is 9.80 Å². The lowest BCUT2D eigenvalue weighted by atomic mass is 10.1. The second-order valence-electron chi connectivity index (χ2n) is 6.74. The molecule has 0 N–H and O–H groups in total. The molecule has 3 aromatic rings. The summed E-state index contributed by atoms with van der Waals surface area (Å²) in [5.74, 6) is 0.503. The third-order valence-electron chi connectivity index (χ3n) is 5.14. The molecule has 7 nitrogen and oxygen atoms in total. The molecule has 0 amide bonds. The van der Waals surface area contributed by atoms with E-state index in [9.17, 15) is 4.39 Å². The summed E-state index contributed by atoms with van der Waals surface area (Å²) < 4.78 is 19.0. The lowest BCUT2D eigenvalue weighted by molar-refractivity contribution is 0.153. The van der Waals surface area contributed by atoms with Gasteiger partial charge in [-0.3, -0.25) is 4.90 Å². The molecule has 4 heterocycles. The van der Waals surface area contributed by atoms with Crippen molar-refractivity contribution in [1.82, 2.24) is 19.9 Å². The standard InChI is InChI=1S/C18H19FN6O/c19-13-2-3-15-16(10-13)26-18(22-15)25-11-14(12-25)23-6-8-24(9-7-23)17-20-4-1-5-21-17/h1-5,10,14H,6-9,11-12H2. The molecule has 0 aliphatic carbocycles. The van der Waals surface area contributed by atoms with Crippen LogP contribution in [0.3, 0.4) is 0 Å². The van der Waals surface area contributed by atoms with Gasteiger partial charge in [-0.1, -0.05) is 0 Å². The summed E-state index contributed by atoms with van der Waals surface area (Å²) in [6, 6.07) is 7.36. The normalized spacial score (nSPS) is 19.1. The van der Waals surface area contributed by atoms with Crippen molar-refractivity contribution in [3.63, 3.8) is 0 Å². The number of benzene rings is 1. The monoisotopic (exact) mass is 354 g/mol. The van der Waals surface area contributed by atoms with Crippen LogP contribution in [0.1, 0.15) is 0 Å². The fourth-order valence-corrected chi connectivity index (χ4v) is 3.61. The minimum atomic E-state index is -0.304. The Morgan fingerprint density at radius 1 is 1.00 bits per heavy atom. The molecule has 0 unspecified atom stereocenters. The number of anilines is 2. The minimum absolute atomic E-state index is 0.304. The van der Waals surface area contributed by atoms with Gasteiger partial charge in [0, 0.05) is 63.8 Å². The third-order valence-corrected chi connectivity index (χ3v) is 5.14. The number of piperazine rings is 1. The zero-order valence-corrected chi connectivity index (χ0v) is 14.3. The second kappa shape index (κ2) is 6.21. The van der Waals surface area contributed by atoms with Gasteiger partial charge in [-0.05, 0) is 18.2 Å². The first-order valence-corrected chi connectivity index (χ1v) is 8.83. The summed E-state index contributed by atoms with van der Waals surface area (Å²) >= 11 is 0. The zero-order valence-electron chi connectivity index (χ0n) is 14.3. The maximum Gasteiger partial charge on any atom is 0.298 e. The lowest BCUT2D eigenvalue weighted by Crippen LogP contribution is -2.63. The molecule has 2 aliphatic heterocycles. The van der Waals surface area contributed by atoms with Crippen LogP contribution in [-0.2, 0) is 0 Å². The largest absolute Gasteiger partial charge is 0.423 e. The molecule has 0 atom stereocenters. The molecule has 2 fully saturated rings. The predicted octanol–water partition coefficient (Wildman–Crippen LogP) is 1.77. The summed E-state index contributed by atoms with van der Waals surface area (Å²) in [6.07, 6.45) is 3.56. The van der Waals surface area contributed by atoms with Crippen LogP contribution in [0, 0.1) is 5.82 Å². The van der Waals surface area contributed by atoms with Crippen LogP contribution in [0.2, 0.25) is 0 Å². The van der Waals surface area contributed by atoms with Crippen molar-refractivity contribution in [1.29, 1.82) is 0 Å². The number of oxazole rings is 1. The molecular formula is C18H19FN6O. The van der Waals surface area contributed by atoms with Crippen LogP contribution in [0.15, 0.2) is 41.1 Å². The van der Waals surface area contributed by atoms with E-state index in [1.165, 1.54) is 12.1 Å². The van der Waals surface area contributed by atoms with Crippen LogP contribution in [0.5, 0.6) is 0 Å². The van der Waals surface area contributed by atoms with E-state index in [2.05, 4.69) is 29.7 Å². The first kappa shape index (κ1) is 15.5. The van der Waals surface area contributed by atoms with Gasteiger partial charge < -0.3 is 14.2 Å². The Bertz CT molecular complexity index is 902. The van der Waals surface area contributed by atoms with Gasteiger partial charge in [0.25, 0.3) is 6.01 Å². The predicted molar refractivity (Wildman–Crippen MR) is 95.8 cm³/mol. The van der Waals surface area contributed by atoms with Crippen molar-refractivity contribution in [2.24, 2.45) is 0 Å². The van der Waals surface area contributed by atoms with Crippen molar-refractivity contribution >= 4 is 23.1 Å². The quantitative estimate of drug-likeness (QED) is 0.710. The lowest BCUT2D eigenvalue weighted by Gasteiger charge is -2.47. The summed E-state index contributed by atoms with van der Waals surface area (Å²) in [5.41, 5.74) is 1.20. The maximum atomic E-state index is 13.3. The molecule has 2 aromatic heterocycles. The maximum absolute atomic E-state index is 13.3. The van der Waals surface area contributed by atoms with Crippen molar-refractivity contribution in [3.8, 4) is 0 Å². The fourth-order valence-electron chi connectivity index (χ4n) is 3.61. The van der Waals surface area contributed by atoms with Gasteiger partial charge in [0.15, 0.2) is 5.58 Å². The van der Waals surface area contributed by atoms with Gasteiger partial charge in [0.2, 0.25) is 5.95 Å². The molecule has 2 aliphatic rings. The van der Waals surface area contributed by atoms with Gasteiger partial charge in [-0.25, -0.2) is 14.4 Å². The Balaban J connectivity index is 1.18. The average molecular weight is 354 g/mol. The molecular weight excluding hydrogens is 335 g/mol. The summed E-state index contributed by atoms with van der Waals surface area (Å²) in [6.45, 7) is 5.63. The smallest absolute Gasteiger partial charge is 0.298 e. The van der Waals surface area contributed by atoms with Crippen LogP contribution in [0.4, 0.5) is 16.4 Å². The molecule has 2 saturated heterocycles. The number of halogens is 1. The van der Waals surface area contributed by atoms with Crippen molar-refractivity contribution < 1.29 is 8.81 Å². The molecule has 0 saturated carbocycles. The number of fused-ring (bicyclic) bond motifs is 1. The Morgan fingerprint density at radius 3 is 2.54 bits per heavy atom. The number of aromatic nitrogens is 3. The van der Waals surface area contributed by atoms with Gasteiger partial charge >= 0.3 is 0 Å². The van der Waals surface area contributed by atoms with Gasteiger partial charge in [-0.2, -0.15) is 4.98 Å². The summed E-state index contributed by atoms with van der Waals surface area (Å²) in [4.78, 5) is 19.9. The van der Waals surface area contributed by atoms with E-state index >= 15 is 0 Å². The zero-order chi connectivity index (χ0) is 17.5. The highest BCUT2D eigenvalue weighted by Crippen LogP contribution is 2.28. The van der Waals surface area contributed by atoms with E-state index in [1.54, 1.807) is 18.5 Å². The minimum Gasteiger partial charge on any atom is -0.423 e. The molecule has 5 rings (SSSR count). The van der Waals surface area contributed by atoms with Crippen molar-refractivity contribution in [3.05, 3.63) is 42.5 Å². The first-order chi connectivity index (χ1) is 12.8. The van der Waals surface area contributed by atoms with E-state index in [-0.39, 0.29) is 5.82 Å². The number of nitrogens with zero attached hydrogens (tertiary/aromatic N) is 6. The third kappa shape index (κ3) is 2.76. The highest BCUT2D eigenvalue weighted by molar-refractivity contribution is 5.74. The Labute approximate surface area is 150 Å². The van der Waals surface area contributed by atoms with Gasteiger partial charge in [0.1, 0.15) is 11.3 Å². The van der Waals surface area contributed by atoms with E-state index in [0.717, 1.165) is 45.2 Å². The number of hydrogen-bond donors (Lipinski definition) is 0. The molecule has 1 aromatic carbocycles. The molecule has 26 heavy (non-hydrogen) atoms. The van der Waals surface area contributed by atoms with Crippen molar-refractivity contribution in [2.45, 2.75) is 6.04 Å². The molecule has 8 heteroatoms. The molecule has 0 spiro atoms. The first-order valence-electron chi connectivity index (χ1n) is 8.83. The topological polar surface area (TPSA) is 61.5 Å². The van der Waals surface area contributed by atoms with E-state index in [1.807, 2.05) is 6.07 Å². The number of hydrogen-bond acceptors (Lipinski definition) is 7. The summed E-state index contributed by atoms with van der Waals surface area (Å²) in [7, 11) is 0. The van der Waals surface area contributed by atoms with Crippen LogP contribution in [0.25, 0.3) is 11.1 Å². The molecule has 0 bridgehead atoms. The van der Waals surface area contributed by atoms with E-state index in [4.69, 9.17) is 4.42 Å². The molecule has 0 radical (unpaired) electrons.